The largest absolute Gasteiger partial charge is 0.0839 e. The monoisotopic (exact) mass is 299 g/mol. The Morgan fingerprint density at radius 1 is 1.17 bits per heavy atom. The van der Waals surface area contributed by atoms with Crippen molar-refractivity contribution in [2.45, 2.75) is 31.0 Å². The van der Waals surface area contributed by atoms with Gasteiger partial charge in [-0.1, -0.05) is 65.7 Å². The lowest BCUT2D eigenvalue weighted by Gasteiger charge is -2.10. The molecule has 1 atom stereocenters. The molecule has 0 bridgehead atoms. The molecule has 2 aromatic rings. The molecule has 1 radical (unpaired) electrons. The third-order valence-corrected chi connectivity index (χ3v) is 4.56. The molecule has 0 fully saturated rings. The van der Waals surface area contributed by atoms with Crippen molar-refractivity contribution in [2.75, 3.05) is 0 Å². The van der Waals surface area contributed by atoms with E-state index in [-0.39, 0.29) is 0 Å². The van der Waals surface area contributed by atoms with Gasteiger partial charge in [-0.15, -0.1) is 0 Å². The minimum Gasteiger partial charge on any atom is -0.0839 e. The van der Waals surface area contributed by atoms with Crippen molar-refractivity contribution < 1.29 is 0 Å². The van der Waals surface area contributed by atoms with Gasteiger partial charge in [0.2, 0.25) is 0 Å². The van der Waals surface area contributed by atoms with Crippen molar-refractivity contribution in [2.24, 2.45) is 0 Å². The van der Waals surface area contributed by atoms with Gasteiger partial charge in [-0.25, -0.2) is 0 Å². The molecule has 2 aromatic carbocycles. The highest BCUT2D eigenvalue weighted by atomic mass is 79.9. The van der Waals surface area contributed by atoms with Crippen molar-refractivity contribution in [1.29, 1.82) is 0 Å². The van der Waals surface area contributed by atoms with E-state index in [0.717, 1.165) is 6.42 Å². The summed E-state index contributed by atoms with van der Waals surface area (Å²) in [5.41, 5.74) is 6.84. The molecule has 3 rings (SSSR count). The summed E-state index contributed by atoms with van der Waals surface area (Å²) in [4.78, 5) is 0.441. The van der Waals surface area contributed by atoms with Crippen LogP contribution in [-0.4, -0.2) is 0 Å². The van der Waals surface area contributed by atoms with E-state index in [1.807, 2.05) is 0 Å². The molecule has 1 heteroatoms. The minimum atomic E-state index is 0.441. The van der Waals surface area contributed by atoms with E-state index in [0.29, 0.717) is 4.83 Å². The summed E-state index contributed by atoms with van der Waals surface area (Å²) in [6, 6.07) is 16.8. The van der Waals surface area contributed by atoms with Crippen LogP contribution in [0.2, 0.25) is 0 Å². The molecular formula is C17H16Br. The molecule has 1 aliphatic carbocycles. The molecule has 18 heavy (non-hydrogen) atoms. The van der Waals surface area contributed by atoms with Gasteiger partial charge in [0.1, 0.15) is 0 Å². The normalized spacial score (nSPS) is 14.1. The fraction of sp³-hybridized carbons (Fsp3) is 0.294. The molecule has 0 nitrogen and oxygen atoms in total. The van der Waals surface area contributed by atoms with Crippen molar-refractivity contribution in [3.63, 3.8) is 0 Å². The smallest absolute Gasteiger partial charge is 0.0401 e. The summed E-state index contributed by atoms with van der Waals surface area (Å²) in [5.74, 6) is 0. The maximum absolute atomic E-state index is 3.76. The predicted octanol–water partition coefficient (Wildman–Crippen LogP) is 5.29. The zero-order valence-corrected chi connectivity index (χ0v) is 12.1. The van der Waals surface area contributed by atoms with Crippen LogP contribution >= 0.6 is 15.9 Å². The van der Waals surface area contributed by atoms with Gasteiger partial charge in [-0.3, -0.25) is 0 Å². The second kappa shape index (κ2) is 4.89. The quantitative estimate of drug-likeness (QED) is 0.576. The first kappa shape index (κ1) is 12.0. The second-order valence-corrected chi connectivity index (χ2v) is 6.00. The first-order chi connectivity index (χ1) is 8.79. The lowest BCUT2D eigenvalue weighted by molar-refractivity contribution is 0.787. The van der Waals surface area contributed by atoms with E-state index in [2.05, 4.69) is 65.3 Å². The van der Waals surface area contributed by atoms with Crippen LogP contribution in [0.5, 0.6) is 0 Å². The Balaban J connectivity index is 1.98. The van der Waals surface area contributed by atoms with Gasteiger partial charge in [0.05, 0.1) is 0 Å². The molecule has 0 amide bonds. The number of benzene rings is 2. The summed E-state index contributed by atoms with van der Waals surface area (Å²) in [6.45, 7) is 2.22. The van der Waals surface area contributed by atoms with Gasteiger partial charge in [-0.2, -0.15) is 0 Å². The predicted molar refractivity (Wildman–Crippen MR) is 80.1 cm³/mol. The number of fused-ring (bicyclic) bond motifs is 3. The molecule has 1 aliphatic rings. The molecule has 0 spiro atoms. The van der Waals surface area contributed by atoms with Crippen LogP contribution in [-0.2, 0) is 6.42 Å². The molecule has 0 aliphatic heterocycles. The Kier molecular flexibility index (Phi) is 3.25. The average molecular weight is 300 g/mol. The van der Waals surface area contributed by atoms with Gasteiger partial charge < -0.3 is 0 Å². The number of halogens is 1. The van der Waals surface area contributed by atoms with Gasteiger partial charge in [0.25, 0.3) is 0 Å². The molecule has 0 N–H and O–H groups in total. The van der Waals surface area contributed by atoms with E-state index in [4.69, 9.17) is 0 Å². The first-order valence-electron chi connectivity index (χ1n) is 6.57. The van der Waals surface area contributed by atoms with Crippen LogP contribution in [0.3, 0.4) is 0 Å². The van der Waals surface area contributed by atoms with Crippen molar-refractivity contribution in [3.8, 4) is 11.1 Å². The number of hydrogen-bond acceptors (Lipinski definition) is 0. The van der Waals surface area contributed by atoms with Crippen molar-refractivity contribution >= 4 is 15.9 Å². The molecule has 0 saturated carbocycles. The third-order valence-electron chi connectivity index (χ3n) is 3.60. The Morgan fingerprint density at radius 3 is 2.83 bits per heavy atom. The van der Waals surface area contributed by atoms with E-state index < -0.39 is 0 Å². The third kappa shape index (κ3) is 2.01. The first-order valence-corrected chi connectivity index (χ1v) is 7.48. The van der Waals surface area contributed by atoms with Crippen LogP contribution in [0.15, 0.2) is 36.4 Å². The van der Waals surface area contributed by atoms with Crippen LogP contribution < -0.4 is 0 Å². The SMILES string of the molecule is CCCC(Br)c1[c]c2c(cc1)-c1ccccc1C2. The van der Waals surface area contributed by atoms with E-state index in [9.17, 15) is 0 Å². The van der Waals surface area contributed by atoms with Crippen LogP contribution in [0.25, 0.3) is 11.1 Å². The molecule has 0 saturated heterocycles. The highest BCUT2D eigenvalue weighted by Gasteiger charge is 2.19. The Labute approximate surface area is 117 Å². The van der Waals surface area contributed by atoms with Gasteiger partial charge >= 0.3 is 0 Å². The summed E-state index contributed by atoms with van der Waals surface area (Å²) in [6.07, 6.45) is 3.40. The molecular weight excluding hydrogens is 284 g/mol. The van der Waals surface area contributed by atoms with E-state index in [1.165, 1.54) is 40.7 Å². The lowest BCUT2D eigenvalue weighted by Crippen LogP contribution is -1.92. The van der Waals surface area contributed by atoms with Crippen molar-refractivity contribution in [1.82, 2.24) is 0 Å². The molecule has 0 aromatic heterocycles. The highest BCUT2D eigenvalue weighted by Crippen LogP contribution is 2.38. The Hall–Kier alpha value is -1.08. The Bertz CT molecular complexity index is 572. The zero-order chi connectivity index (χ0) is 12.5. The zero-order valence-electron chi connectivity index (χ0n) is 10.5. The van der Waals surface area contributed by atoms with Gasteiger partial charge in [-0.05, 0) is 46.7 Å². The fourth-order valence-corrected chi connectivity index (χ4v) is 3.39. The minimum absolute atomic E-state index is 0.441. The van der Waals surface area contributed by atoms with Gasteiger partial charge in [0.15, 0.2) is 0 Å². The topological polar surface area (TPSA) is 0 Å². The maximum atomic E-state index is 3.76. The highest BCUT2D eigenvalue weighted by molar-refractivity contribution is 9.09. The second-order valence-electron chi connectivity index (χ2n) is 4.90. The number of hydrogen-bond donors (Lipinski definition) is 0. The summed E-state index contributed by atoms with van der Waals surface area (Å²) >= 11 is 3.76. The van der Waals surface area contributed by atoms with Crippen molar-refractivity contribution in [3.05, 3.63) is 59.2 Å². The fourth-order valence-electron chi connectivity index (χ4n) is 2.67. The number of alkyl halides is 1. The summed E-state index contributed by atoms with van der Waals surface area (Å²) in [5, 5.41) is 0. The maximum Gasteiger partial charge on any atom is 0.0401 e. The standard InChI is InChI=1S/C17H16Br/c1-2-5-17(18)13-8-9-16-14(11-13)10-12-6-3-4-7-15(12)16/h3-4,6-9,17H,2,5,10H2,1H3. The van der Waals surface area contributed by atoms with Crippen LogP contribution in [0.4, 0.5) is 0 Å². The number of rotatable bonds is 3. The van der Waals surface area contributed by atoms with Gasteiger partial charge in [0, 0.05) is 4.83 Å². The lowest BCUT2D eigenvalue weighted by atomic mass is 10.0. The van der Waals surface area contributed by atoms with E-state index in [1.54, 1.807) is 0 Å². The average Bonchev–Trinajstić information content (AvgIpc) is 2.76. The van der Waals surface area contributed by atoms with Crippen LogP contribution in [0, 0.1) is 6.07 Å². The molecule has 0 heterocycles. The summed E-state index contributed by atoms with van der Waals surface area (Å²) in [7, 11) is 0. The van der Waals surface area contributed by atoms with E-state index >= 15 is 0 Å². The van der Waals surface area contributed by atoms with Crippen LogP contribution in [0.1, 0.15) is 41.3 Å². The molecule has 91 valence electrons. The molecule has 1 unspecified atom stereocenters. The summed E-state index contributed by atoms with van der Waals surface area (Å²) < 4.78 is 0. The Morgan fingerprint density at radius 2 is 2.00 bits per heavy atom.